The lowest BCUT2D eigenvalue weighted by Gasteiger charge is -2.31. The summed E-state index contributed by atoms with van der Waals surface area (Å²) in [5, 5.41) is 3.52. The van der Waals surface area contributed by atoms with Crippen LogP contribution in [0.15, 0.2) is 0 Å². The molecule has 0 bridgehead atoms. The maximum Gasteiger partial charge on any atom is -0.00162 e. The summed E-state index contributed by atoms with van der Waals surface area (Å²) in [5.74, 6) is 1.94. The van der Waals surface area contributed by atoms with Crippen molar-refractivity contribution in [2.45, 2.75) is 45.4 Å². The monoisotopic (exact) mass is 224 g/mol. The molecule has 0 aromatic carbocycles. The third kappa shape index (κ3) is 4.06. The Labute approximate surface area is 101 Å². The van der Waals surface area contributed by atoms with Gasteiger partial charge in [-0.15, -0.1) is 0 Å². The Kier molecular flexibility index (Phi) is 5.11. The molecule has 1 atom stereocenters. The van der Waals surface area contributed by atoms with Crippen molar-refractivity contribution in [3.8, 4) is 0 Å². The zero-order chi connectivity index (χ0) is 11.2. The summed E-state index contributed by atoms with van der Waals surface area (Å²) >= 11 is 0. The molecule has 0 aliphatic carbocycles. The van der Waals surface area contributed by atoms with Gasteiger partial charge in [0.2, 0.25) is 0 Å². The number of likely N-dealkylation sites (tertiary alicyclic amines) is 1. The molecule has 0 saturated carbocycles. The van der Waals surface area contributed by atoms with Gasteiger partial charge in [-0.3, -0.25) is 0 Å². The lowest BCUT2D eigenvalue weighted by molar-refractivity contribution is 0.184. The first-order valence-electron chi connectivity index (χ1n) is 7.27. The molecule has 0 radical (unpaired) electrons. The van der Waals surface area contributed by atoms with Crippen LogP contribution in [0.1, 0.15) is 45.4 Å². The minimum absolute atomic E-state index is 0.970. The van der Waals surface area contributed by atoms with Crippen molar-refractivity contribution in [3.05, 3.63) is 0 Å². The molecule has 1 unspecified atom stereocenters. The van der Waals surface area contributed by atoms with E-state index in [-0.39, 0.29) is 0 Å². The maximum atomic E-state index is 3.52. The molecule has 2 aliphatic rings. The normalized spacial score (nSPS) is 29.4. The fourth-order valence-corrected chi connectivity index (χ4v) is 3.06. The highest BCUT2D eigenvalue weighted by atomic mass is 15.1. The van der Waals surface area contributed by atoms with Gasteiger partial charge in [0.1, 0.15) is 0 Å². The lowest BCUT2D eigenvalue weighted by Crippen LogP contribution is -2.34. The van der Waals surface area contributed by atoms with Gasteiger partial charge in [-0.05, 0) is 83.1 Å². The highest BCUT2D eigenvalue weighted by Gasteiger charge is 2.16. The number of rotatable bonds is 4. The summed E-state index contributed by atoms with van der Waals surface area (Å²) in [6, 6.07) is 0. The summed E-state index contributed by atoms with van der Waals surface area (Å²) in [5.41, 5.74) is 0. The molecule has 2 heterocycles. The largest absolute Gasteiger partial charge is 0.316 e. The Morgan fingerprint density at radius 2 is 2.00 bits per heavy atom. The summed E-state index contributed by atoms with van der Waals surface area (Å²) in [6.07, 6.45) is 8.56. The number of piperidine rings is 2. The van der Waals surface area contributed by atoms with Gasteiger partial charge in [0.15, 0.2) is 0 Å². The first kappa shape index (κ1) is 12.4. The van der Waals surface area contributed by atoms with E-state index in [1.165, 1.54) is 71.2 Å². The van der Waals surface area contributed by atoms with E-state index >= 15 is 0 Å². The van der Waals surface area contributed by atoms with Gasteiger partial charge in [0.05, 0.1) is 0 Å². The van der Waals surface area contributed by atoms with Crippen molar-refractivity contribution in [1.82, 2.24) is 10.2 Å². The van der Waals surface area contributed by atoms with Gasteiger partial charge >= 0.3 is 0 Å². The Morgan fingerprint density at radius 3 is 2.69 bits per heavy atom. The quantitative estimate of drug-likeness (QED) is 0.789. The summed E-state index contributed by atoms with van der Waals surface area (Å²) < 4.78 is 0. The average Bonchev–Trinajstić information content (AvgIpc) is 2.33. The molecule has 2 rings (SSSR count). The molecule has 1 N–H and O–H groups in total. The smallest absolute Gasteiger partial charge is 0.00162 e. The van der Waals surface area contributed by atoms with Gasteiger partial charge in [0, 0.05) is 0 Å². The molecule has 2 aliphatic heterocycles. The van der Waals surface area contributed by atoms with Crippen molar-refractivity contribution in [3.63, 3.8) is 0 Å². The van der Waals surface area contributed by atoms with Crippen molar-refractivity contribution >= 4 is 0 Å². The van der Waals surface area contributed by atoms with Gasteiger partial charge in [-0.1, -0.05) is 6.92 Å². The predicted molar refractivity (Wildman–Crippen MR) is 69.7 cm³/mol. The predicted octanol–water partition coefficient (Wildman–Crippen LogP) is 2.50. The van der Waals surface area contributed by atoms with Crippen molar-refractivity contribution < 1.29 is 0 Å². The zero-order valence-corrected chi connectivity index (χ0v) is 10.9. The topological polar surface area (TPSA) is 15.3 Å². The van der Waals surface area contributed by atoms with Crippen LogP contribution in [0, 0.1) is 11.8 Å². The van der Waals surface area contributed by atoms with Crippen LogP contribution in [-0.2, 0) is 0 Å². The number of hydrogen-bond donors (Lipinski definition) is 1. The molecule has 16 heavy (non-hydrogen) atoms. The van der Waals surface area contributed by atoms with E-state index < -0.39 is 0 Å². The number of nitrogens with zero attached hydrogens (tertiary/aromatic N) is 1. The molecule has 0 amide bonds. The van der Waals surface area contributed by atoms with E-state index in [2.05, 4.69) is 17.1 Å². The third-order valence-electron chi connectivity index (χ3n) is 4.36. The van der Waals surface area contributed by atoms with E-state index in [1.807, 2.05) is 0 Å². The maximum absolute atomic E-state index is 3.52. The molecule has 0 spiro atoms. The van der Waals surface area contributed by atoms with Gasteiger partial charge < -0.3 is 10.2 Å². The van der Waals surface area contributed by atoms with Crippen LogP contribution in [-0.4, -0.2) is 37.6 Å². The van der Waals surface area contributed by atoms with E-state index in [4.69, 9.17) is 0 Å². The second kappa shape index (κ2) is 6.61. The molecule has 2 fully saturated rings. The van der Waals surface area contributed by atoms with Crippen LogP contribution in [0.5, 0.6) is 0 Å². The average molecular weight is 224 g/mol. The van der Waals surface area contributed by atoms with Crippen molar-refractivity contribution in [2.24, 2.45) is 11.8 Å². The molecule has 0 aromatic heterocycles. The minimum atomic E-state index is 0.970. The third-order valence-corrected chi connectivity index (χ3v) is 4.36. The first-order chi connectivity index (χ1) is 7.84. The Hall–Kier alpha value is -0.0800. The van der Waals surface area contributed by atoms with Crippen LogP contribution in [0.2, 0.25) is 0 Å². The minimum Gasteiger partial charge on any atom is -0.316 e. The molecular weight excluding hydrogens is 196 g/mol. The first-order valence-corrected chi connectivity index (χ1v) is 7.27. The number of nitrogens with one attached hydrogen (secondary N) is 1. The summed E-state index contributed by atoms with van der Waals surface area (Å²) in [7, 11) is 0. The van der Waals surface area contributed by atoms with Crippen molar-refractivity contribution in [1.29, 1.82) is 0 Å². The van der Waals surface area contributed by atoms with E-state index in [0.717, 1.165) is 11.8 Å². The Morgan fingerprint density at radius 1 is 1.19 bits per heavy atom. The molecular formula is C14H28N2. The molecule has 94 valence electrons. The highest BCUT2D eigenvalue weighted by molar-refractivity contribution is 4.72. The van der Waals surface area contributed by atoms with Crippen molar-refractivity contribution in [2.75, 3.05) is 32.7 Å². The summed E-state index contributed by atoms with van der Waals surface area (Å²) in [6.45, 7) is 8.97. The van der Waals surface area contributed by atoms with Crippen LogP contribution >= 0.6 is 0 Å². The SMILES string of the molecule is CC1CCN(CCCC2CCCNC2)CC1. The fourth-order valence-electron chi connectivity index (χ4n) is 3.06. The van der Waals surface area contributed by atoms with Crippen LogP contribution in [0.25, 0.3) is 0 Å². The van der Waals surface area contributed by atoms with Crippen LogP contribution < -0.4 is 5.32 Å². The lowest BCUT2D eigenvalue weighted by atomic mass is 9.94. The van der Waals surface area contributed by atoms with E-state index in [1.54, 1.807) is 0 Å². The standard InChI is InChI=1S/C14H28N2/c1-13-6-10-16(11-7-13)9-3-5-14-4-2-8-15-12-14/h13-15H,2-12H2,1H3. The van der Waals surface area contributed by atoms with Gasteiger partial charge in [-0.2, -0.15) is 0 Å². The molecule has 0 aromatic rings. The van der Waals surface area contributed by atoms with Crippen LogP contribution in [0.3, 0.4) is 0 Å². The Balaban J connectivity index is 1.53. The van der Waals surface area contributed by atoms with E-state index in [9.17, 15) is 0 Å². The zero-order valence-electron chi connectivity index (χ0n) is 10.9. The highest BCUT2D eigenvalue weighted by Crippen LogP contribution is 2.19. The molecule has 2 nitrogen and oxygen atoms in total. The number of hydrogen-bond acceptors (Lipinski definition) is 2. The second-order valence-electron chi connectivity index (χ2n) is 5.88. The molecule has 2 heteroatoms. The fraction of sp³-hybridized carbons (Fsp3) is 1.00. The van der Waals surface area contributed by atoms with Crippen LogP contribution in [0.4, 0.5) is 0 Å². The van der Waals surface area contributed by atoms with E-state index in [0.29, 0.717) is 0 Å². The Bertz CT molecular complexity index is 179. The summed E-state index contributed by atoms with van der Waals surface area (Å²) in [4.78, 5) is 2.68. The second-order valence-corrected chi connectivity index (χ2v) is 5.88. The van der Waals surface area contributed by atoms with Gasteiger partial charge in [0.25, 0.3) is 0 Å². The molecule has 2 saturated heterocycles. The van der Waals surface area contributed by atoms with Gasteiger partial charge in [-0.25, -0.2) is 0 Å².